The molecule has 0 saturated carbocycles. The number of ether oxygens (including phenoxy) is 1. The molecule has 3 rings (SSSR count). The highest BCUT2D eigenvalue weighted by Crippen LogP contribution is 2.29. The summed E-state index contributed by atoms with van der Waals surface area (Å²) < 4.78 is 5.72. The maximum Gasteiger partial charge on any atom is 0.242 e. The first kappa shape index (κ1) is 10.5. The summed E-state index contributed by atoms with van der Waals surface area (Å²) in [6.45, 7) is 0. The summed E-state index contributed by atoms with van der Waals surface area (Å²) in [5.74, 6) is 1.05. The van der Waals surface area contributed by atoms with Crippen molar-refractivity contribution in [1.82, 2.24) is 9.97 Å². The summed E-state index contributed by atoms with van der Waals surface area (Å²) in [4.78, 5) is 8.42. The zero-order chi connectivity index (χ0) is 12.4. The molecule has 2 N–H and O–H groups in total. The Hall–Kier alpha value is -2.62. The van der Waals surface area contributed by atoms with Crippen LogP contribution in [-0.2, 0) is 0 Å². The van der Waals surface area contributed by atoms with Gasteiger partial charge in [-0.25, -0.2) is 4.98 Å². The summed E-state index contributed by atoms with van der Waals surface area (Å²) >= 11 is 0. The molecule has 2 heterocycles. The highest BCUT2D eigenvalue weighted by Gasteiger charge is 2.06. The van der Waals surface area contributed by atoms with Crippen molar-refractivity contribution in [2.24, 2.45) is 0 Å². The van der Waals surface area contributed by atoms with E-state index in [1.807, 2.05) is 30.3 Å². The molecule has 0 radical (unpaired) electrons. The number of para-hydroxylation sites is 1. The maximum absolute atomic E-state index is 5.80. The van der Waals surface area contributed by atoms with Crippen molar-refractivity contribution in [3.05, 3.63) is 54.9 Å². The molecule has 0 aliphatic carbocycles. The van der Waals surface area contributed by atoms with E-state index in [0.29, 0.717) is 17.3 Å². The molecule has 0 atom stereocenters. The predicted octanol–water partition coefficient (Wildman–Crippen LogP) is 3.00. The molecule has 0 saturated heterocycles. The predicted molar refractivity (Wildman–Crippen MR) is 70.5 cm³/mol. The van der Waals surface area contributed by atoms with E-state index in [4.69, 9.17) is 10.5 Å². The van der Waals surface area contributed by atoms with E-state index < -0.39 is 0 Å². The number of nitrogens with two attached hydrogens (primary N) is 1. The normalized spacial score (nSPS) is 10.4. The number of fused-ring (bicyclic) bond motifs is 1. The molecule has 4 nitrogen and oxygen atoms in total. The van der Waals surface area contributed by atoms with E-state index in [9.17, 15) is 0 Å². The van der Waals surface area contributed by atoms with Crippen molar-refractivity contribution in [2.45, 2.75) is 0 Å². The number of rotatable bonds is 2. The minimum atomic E-state index is 0.399. The molecule has 0 aliphatic heterocycles. The lowest BCUT2D eigenvalue weighted by molar-refractivity contribution is 0.470. The highest BCUT2D eigenvalue weighted by molar-refractivity contribution is 5.84. The Labute approximate surface area is 104 Å². The van der Waals surface area contributed by atoms with E-state index >= 15 is 0 Å². The second-order valence-electron chi connectivity index (χ2n) is 3.83. The average molecular weight is 237 g/mol. The number of anilines is 1. The number of hydrogen-bond acceptors (Lipinski definition) is 4. The lowest BCUT2D eigenvalue weighted by atomic mass is 10.2. The molecule has 2 aromatic heterocycles. The molecule has 18 heavy (non-hydrogen) atoms. The Morgan fingerprint density at radius 2 is 1.67 bits per heavy atom. The third-order valence-corrected chi connectivity index (χ3v) is 2.60. The molecule has 0 fully saturated rings. The smallest absolute Gasteiger partial charge is 0.242 e. The van der Waals surface area contributed by atoms with Crippen molar-refractivity contribution in [1.29, 1.82) is 0 Å². The molecule has 0 aliphatic rings. The van der Waals surface area contributed by atoms with Crippen LogP contribution in [0.25, 0.3) is 10.9 Å². The van der Waals surface area contributed by atoms with Crippen LogP contribution >= 0.6 is 0 Å². The summed E-state index contributed by atoms with van der Waals surface area (Å²) in [6, 6.07) is 13.1. The minimum Gasteiger partial charge on any atom is -0.435 e. The van der Waals surface area contributed by atoms with Crippen LogP contribution in [0.2, 0.25) is 0 Å². The minimum absolute atomic E-state index is 0.399. The topological polar surface area (TPSA) is 61.0 Å². The number of aromatic nitrogens is 2. The highest BCUT2D eigenvalue weighted by atomic mass is 16.5. The molecule has 0 bridgehead atoms. The third kappa shape index (κ3) is 1.84. The van der Waals surface area contributed by atoms with Crippen LogP contribution in [0.3, 0.4) is 0 Å². The largest absolute Gasteiger partial charge is 0.435 e. The molecular weight excluding hydrogens is 226 g/mol. The van der Waals surface area contributed by atoms with Gasteiger partial charge in [-0.1, -0.05) is 18.2 Å². The first-order chi connectivity index (χ1) is 8.84. The molecule has 0 spiro atoms. The number of benzene rings is 1. The standard InChI is InChI=1S/C14H11N3O/c15-11-6-3-9-17-14(11)18-12-7-1-4-10-5-2-8-16-13(10)12/h1-9H,15H2. The second kappa shape index (κ2) is 4.33. The van der Waals surface area contributed by atoms with Crippen LogP contribution in [-0.4, -0.2) is 9.97 Å². The zero-order valence-electron chi connectivity index (χ0n) is 9.58. The van der Waals surface area contributed by atoms with Gasteiger partial charge in [-0.2, -0.15) is 0 Å². The fourth-order valence-electron chi connectivity index (χ4n) is 1.75. The summed E-state index contributed by atoms with van der Waals surface area (Å²) in [5, 5.41) is 1.02. The second-order valence-corrected chi connectivity index (χ2v) is 3.83. The van der Waals surface area contributed by atoms with Crippen LogP contribution in [0.1, 0.15) is 0 Å². The lowest BCUT2D eigenvalue weighted by Gasteiger charge is -2.08. The van der Waals surface area contributed by atoms with Gasteiger partial charge in [0.05, 0.1) is 5.69 Å². The Morgan fingerprint density at radius 3 is 2.56 bits per heavy atom. The molecule has 88 valence electrons. The lowest BCUT2D eigenvalue weighted by Crippen LogP contribution is -1.95. The molecule has 1 aromatic carbocycles. The first-order valence-corrected chi connectivity index (χ1v) is 5.57. The van der Waals surface area contributed by atoms with Crippen molar-refractivity contribution in [3.63, 3.8) is 0 Å². The fourth-order valence-corrected chi connectivity index (χ4v) is 1.75. The number of nitrogens with zero attached hydrogens (tertiary/aromatic N) is 2. The summed E-state index contributed by atoms with van der Waals surface area (Å²) in [5.41, 5.74) is 7.11. The number of pyridine rings is 2. The van der Waals surface area contributed by atoms with Gasteiger partial charge in [-0.15, -0.1) is 0 Å². The van der Waals surface area contributed by atoms with E-state index in [0.717, 1.165) is 10.9 Å². The van der Waals surface area contributed by atoms with Gasteiger partial charge in [-0.05, 0) is 24.3 Å². The Balaban J connectivity index is 2.08. The van der Waals surface area contributed by atoms with Crippen LogP contribution in [0.5, 0.6) is 11.6 Å². The van der Waals surface area contributed by atoms with E-state index in [1.54, 1.807) is 24.5 Å². The van der Waals surface area contributed by atoms with Gasteiger partial charge < -0.3 is 10.5 Å². The molecule has 3 aromatic rings. The first-order valence-electron chi connectivity index (χ1n) is 5.57. The molecular formula is C14H11N3O. The monoisotopic (exact) mass is 237 g/mol. The number of hydrogen-bond donors (Lipinski definition) is 1. The Kier molecular flexibility index (Phi) is 2.53. The van der Waals surface area contributed by atoms with Gasteiger partial charge in [0.15, 0.2) is 5.75 Å². The van der Waals surface area contributed by atoms with Crippen molar-refractivity contribution in [2.75, 3.05) is 5.73 Å². The quantitative estimate of drug-likeness (QED) is 0.744. The van der Waals surface area contributed by atoms with Crippen LogP contribution < -0.4 is 10.5 Å². The Morgan fingerprint density at radius 1 is 0.889 bits per heavy atom. The summed E-state index contributed by atoms with van der Waals surface area (Å²) in [6.07, 6.45) is 3.38. The van der Waals surface area contributed by atoms with Gasteiger partial charge in [0.2, 0.25) is 5.88 Å². The fraction of sp³-hybridized carbons (Fsp3) is 0. The zero-order valence-corrected chi connectivity index (χ0v) is 9.58. The third-order valence-electron chi connectivity index (χ3n) is 2.60. The van der Waals surface area contributed by atoms with Gasteiger partial charge in [-0.3, -0.25) is 4.98 Å². The SMILES string of the molecule is Nc1cccnc1Oc1cccc2cccnc12. The molecule has 0 unspecified atom stereocenters. The number of nitrogen functional groups attached to an aromatic ring is 1. The van der Waals surface area contributed by atoms with Crippen LogP contribution in [0.4, 0.5) is 5.69 Å². The molecule has 0 amide bonds. The molecule has 4 heteroatoms. The Bertz CT molecular complexity index is 692. The van der Waals surface area contributed by atoms with E-state index in [2.05, 4.69) is 9.97 Å². The van der Waals surface area contributed by atoms with Crippen molar-refractivity contribution >= 4 is 16.6 Å². The van der Waals surface area contributed by atoms with Crippen molar-refractivity contribution < 1.29 is 4.74 Å². The van der Waals surface area contributed by atoms with Crippen LogP contribution in [0, 0.1) is 0 Å². The van der Waals surface area contributed by atoms with Gasteiger partial charge in [0.1, 0.15) is 5.52 Å². The van der Waals surface area contributed by atoms with Crippen molar-refractivity contribution in [3.8, 4) is 11.6 Å². The van der Waals surface area contributed by atoms with E-state index in [-0.39, 0.29) is 0 Å². The van der Waals surface area contributed by atoms with Crippen LogP contribution in [0.15, 0.2) is 54.9 Å². The summed E-state index contributed by atoms with van der Waals surface area (Å²) in [7, 11) is 0. The van der Waals surface area contributed by atoms with Gasteiger partial charge in [0, 0.05) is 17.8 Å². The van der Waals surface area contributed by atoms with E-state index in [1.165, 1.54) is 0 Å². The average Bonchev–Trinajstić information content (AvgIpc) is 2.42. The van der Waals surface area contributed by atoms with Gasteiger partial charge in [0.25, 0.3) is 0 Å². The van der Waals surface area contributed by atoms with Gasteiger partial charge >= 0.3 is 0 Å². The maximum atomic E-state index is 5.80.